The molecule has 0 aliphatic heterocycles. The molecule has 0 radical (unpaired) electrons. The van der Waals surface area contributed by atoms with Crippen LogP contribution in [0.15, 0.2) is 0 Å². The van der Waals surface area contributed by atoms with E-state index in [4.69, 9.17) is 9.47 Å². The highest BCUT2D eigenvalue weighted by Crippen LogP contribution is 1.92. The first-order chi connectivity index (χ1) is 9.16. The van der Waals surface area contributed by atoms with Gasteiger partial charge in [0, 0.05) is 19.6 Å². The number of hydrogen-bond acceptors (Lipinski definition) is 5. The number of carbonyl (C=O) groups excluding carboxylic acids is 1. The van der Waals surface area contributed by atoms with Gasteiger partial charge in [0.15, 0.2) is 0 Å². The molecule has 0 aliphatic carbocycles. The lowest BCUT2D eigenvalue weighted by Gasteiger charge is -2.10. The van der Waals surface area contributed by atoms with E-state index in [1.807, 2.05) is 16.3 Å². The Kier molecular flexibility index (Phi) is 13.8. The minimum atomic E-state index is -1.17. The highest BCUT2D eigenvalue weighted by molar-refractivity contribution is 7.39. The molecular formula is C11H25FN3O3P. The van der Waals surface area contributed by atoms with Gasteiger partial charge in [0.2, 0.25) is 5.65 Å². The van der Waals surface area contributed by atoms with E-state index in [-0.39, 0.29) is 18.8 Å². The number of nitrogens with one attached hydrogen (secondary N) is 3. The average molecular weight is 297 g/mol. The first kappa shape index (κ1) is 18.7. The summed E-state index contributed by atoms with van der Waals surface area (Å²) in [5.41, 5.74) is -0.317. The van der Waals surface area contributed by atoms with Crippen molar-refractivity contribution >= 4 is 14.9 Å². The topological polar surface area (TPSA) is 71.6 Å². The Bertz CT molecular complexity index is 225. The third-order valence-corrected chi connectivity index (χ3v) is 2.34. The summed E-state index contributed by atoms with van der Waals surface area (Å²) in [4.78, 5) is 10.5. The zero-order valence-corrected chi connectivity index (χ0v) is 12.6. The van der Waals surface area contributed by atoms with Gasteiger partial charge in [-0.25, -0.2) is 4.39 Å². The van der Waals surface area contributed by atoms with Gasteiger partial charge >= 0.3 is 0 Å². The average Bonchev–Trinajstić information content (AvgIpc) is 2.38. The van der Waals surface area contributed by atoms with Gasteiger partial charge in [-0.1, -0.05) is 0 Å². The molecule has 0 aromatic carbocycles. The number of likely N-dealkylation sites (N-methyl/N-ethyl adjacent to an activating group) is 1. The standard InChI is InChI=1S/C11H25FN3O3P/c1-13-2-5-17-6-3-14-4-7-18-9-10(12)8-15-11(16)19/h10,13-14H,2-9,19H2,1H3,(H,15,16). The van der Waals surface area contributed by atoms with E-state index in [0.717, 1.165) is 13.1 Å². The predicted octanol–water partition coefficient (Wildman–Crippen LogP) is -0.249. The predicted molar refractivity (Wildman–Crippen MR) is 76.4 cm³/mol. The third-order valence-electron chi connectivity index (χ3n) is 2.14. The van der Waals surface area contributed by atoms with Gasteiger partial charge in [-0.05, 0) is 16.3 Å². The van der Waals surface area contributed by atoms with Crippen LogP contribution in [-0.4, -0.2) is 71.5 Å². The SMILES string of the molecule is CNCCOCCNCCOCC(F)CNC(=O)P. The molecule has 0 aromatic heterocycles. The minimum absolute atomic E-state index is 0.00863. The van der Waals surface area contributed by atoms with E-state index in [1.165, 1.54) is 0 Å². The van der Waals surface area contributed by atoms with Crippen LogP contribution in [0, 0.1) is 0 Å². The summed E-state index contributed by atoms with van der Waals surface area (Å²) in [6.07, 6.45) is -1.17. The zero-order chi connectivity index (χ0) is 14.3. The van der Waals surface area contributed by atoms with Gasteiger partial charge in [0.1, 0.15) is 6.17 Å². The van der Waals surface area contributed by atoms with Gasteiger partial charge < -0.3 is 25.4 Å². The Morgan fingerprint density at radius 2 is 1.84 bits per heavy atom. The molecule has 8 heteroatoms. The normalized spacial score (nSPS) is 12.4. The molecule has 0 spiro atoms. The van der Waals surface area contributed by atoms with E-state index in [9.17, 15) is 9.18 Å². The molecule has 114 valence electrons. The van der Waals surface area contributed by atoms with Gasteiger partial charge in [-0.15, -0.1) is 0 Å². The molecule has 2 atom stereocenters. The van der Waals surface area contributed by atoms with Crippen molar-refractivity contribution in [3.05, 3.63) is 0 Å². The molecule has 0 rings (SSSR count). The number of carbonyl (C=O) groups is 1. The fourth-order valence-corrected chi connectivity index (χ4v) is 1.29. The first-order valence-corrected chi connectivity index (χ1v) is 6.92. The van der Waals surface area contributed by atoms with E-state index >= 15 is 0 Å². The van der Waals surface area contributed by atoms with Crippen molar-refractivity contribution < 1.29 is 18.7 Å². The quantitative estimate of drug-likeness (QED) is 0.323. The molecule has 19 heavy (non-hydrogen) atoms. The van der Waals surface area contributed by atoms with Crippen molar-refractivity contribution in [1.82, 2.24) is 16.0 Å². The number of alkyl halides is 1. The molecule has 6 nitrogen and oxygen atoms in total. The molecule has 1 amide bonds. The lowest BCUT2D eigenvalue weighted by molar-refractivity contribution is 0.0810. The summed E-state index contributed by atoms with van der Waals surface area (Å²) in [7, 11) is 3.81. The van der Waals surface area contributed by atoms with Gasteiger partial charge in [-0.2, -0.15) is 0 Å². The van der Waals surface area contributed by atoms with Crippen LogP contribution >= 0.6 is 9.24 Å². The highest BCUT2D eigenvalue weighted by Gasteiger charge is 2.06. The number of halogens is 1. The number of ether oxygens (including phenoxy) is 2. The largest absolute Gasteiger partial charge is 0.379 e. The molecule has 0 saturated carbocycles. The van der Waals surface area contributed by atoms with Crippen LogP contribution in [0.4, 0.5) is 9.18 Å². The second-order valence-corrected chi connectivity index (χ2v) is 4.41. The molecule has 0 aromatic rings. The van der Waals surface area contributed by atoms with Crippen molar-refractivity contribution in [2.75, 3.05) is 59.7 Å². The summed E-state index contributed by atoms with van der Waals surface area (Å²) in [6, 6.07) is 0. The Hall–Kier alpha value is -0.330. The van der Waals surface area contributed by atoms with Crippen molar-refractivity contribution in [3.63, 3.8) is 0 Å². The van der Waals surface area contributed by atoms with E-state index in [1.54, 1.807) is 0 Å². The van der Waals surface area contributed by atoms with Crippen molar-refractivity contribution in [3.8, 4) is 0 Å². The fraction of sp³-hybridized carbons (Fsp3) is 0.909. The Balaban J connectivity index is 3.11. The molecule has 0 heterocycles. The summed E-state index contributed by atoms with van der Waals surface area (Å²) >= 11 is 0. The van der Waals surface area contributed by atoms with Gasteiger partial charge in [-0.3, -0.25) is 4.79 Å². The van der Waals surface area contributed by atoms with Crippen LogP contribution in [-0.2, 0) is 9.47 Å². The Morgan fingerprint density at radius 3 is 2.47 bits per heavy atom. The fourth-order valence-electron chi connectivity index (χ4n) is 1.17. The number of rotatable bonds is 13. The molecule has 0 aliphatic rings. The van der Waals surface area contributed by atoms with Gasteiger partial charge in [0.25, 0.3) is 0 Å². The van der Waals surface area contributed by atoms with Crippen molar-refractivity contribution in [2.45, 2.75) is 6.17 Å². The van der Waals surface area contributed by atoms with Crippen molar-refractivity contribution in [2.24, 2.45) is 0 Å². The van der Waals surface area contributed by atoms with Crippen LogP contribution < -0.4 is 16.0 Å². The molecule has 3 N–H and O–H groups in total. The Labute approximate surface area is 116 Å². The summed E-state index contributed by atoms with van der Waals surface area (Å²) in [5, 5.41) is 8.47. The number of amides is 1. The van der Waals surface area contributed by atoms with E-state index < -0.39 is 6.17 Å². The zero-order valence-electron chi connectivity index (χ0n) is 11.4. The number of hydrogen-bond donors (Lipinski definition) is 3. The maximum absolute atomic E-state index is 13.1. The van der Waals surface area contributed by atoms with Crippen LogP contribution in [0.5, 0.6) is 0 Å². The van der Waals surface area contributed by atoms with Crippen LogP contribution in [0.2, 0.25) is 0 Å². The lowest BCUT2D eigenvalue weighted by atomic mass is 10.4. The third kappa shape index (κ3) is 15.6. The van der Waals surface area contributed by atoms with Gasteiger partial charge in [0.05, 0.1) is 33.0 Å². The summed E-state index contributed by atoms with van der Waals surface area (Å²) < 4.78 is 23.5. The monoisotopic (exact) mass is 297 g/mol. The Morgan fingerprint density at radius 1 is 1.21 bits per heavy atom. The molecular weight excluding hydrogens is 272 g/mol. The lowest BCUT2D eigenvalue weighted by Crippen LogP contribution is -2.30. The van der Waals surface area contributed by atoms with E-state index in [2.05, 4.69) is 16.0 Å². The molecule has 2 unspecified atom stereocenters. The minimum Gasteiger partial charge on any atom is -0.379 e. The second-order valence-electron chi connectivity index (χ2n) is 3.88. The maximum Gasteiger partial charge on any atom is 0.234 e. The van der Waals surface area contributed by atoms with Crippen LogP contribution in [0.3, 0.4) is 0 Å². The molecule has 0 fully saturated rings. The molecule has 0 bridgehead atoms. The van der Waals surface area contributed by atoms with E-state index in [0.29, 0.717) is 26.4 Å². The second kappa shape index (κ2) is 14.1. The summed E-state index contributed by atoms with van der Waals surface area (Å²) in [5.74, 6) is 0. The van der Waals surface area contributed by atoms with Crippen LogP contribution in [0.25, 0.3) is 0 Å². The van der Waals surface area contributed by atoms with Crippen LogP contribution in [0.1, 0.15) is 0 Å². The maximum atomic E-state index is 13.1. The first-order valence-electron chi connectivity index (χ1n) is 6.35. The summed E-state index contributed by atoms with van der Waals surface area (Å²) in [6.45, 7) is 3.99. The smallest absolute Gasteiger partial charge is 0.234 e. The molecule has 0 saturated heterocycles. The highest BCUT2D eigenvalue weighted by atomic mass is 31.0. The van der Waals surface area contributed by atoms with Crippen molar-refractivity contribution in [1.29, 1.82) is 0 Å².